The molecule has 17 valence electrons. The second-order valence-corrected chi connectivity index (χ2v) is 0. The van der Waals surface area contributed by atoms with Crippen molar-refractivity contribution in [3.63, 3.8) is 0 Å². The summed E-state index contributed by atoms with van der Waals surface area (Å²) in [5, 5.41) is 4.50. The predicted molar refractivity (Wildman–Crippen MR) is 13.6 cm³/mol. The topological polar surface area (TPSA) is 17.1 Å². The van der Waals surface area contributed by atoms with E-state index < -0.39 is 0 Å². The number of hydrogen-bond acceptors (Lipinski definition) is 1. The quantitative estimate of drug-likeness (QED) is 0.353. The van der Waals surface area contributed by atoms with Gasteiger partial charge in [0.15, 0.2) is 0 Å². The Kier molecular flexibility index (Phi) is 71.9. The second-order valence-electron chi connectivity index (χ2n) is 0. The Morgan fingerprint density at radius 3 is 1.50 bits per heavy atom. The van der Waals surface area contributed by atoms with Crippen molar-refractivity contribution >= 4 is 21.6 Å². The van der Waals surface area contributed by atoms with Crippen LogP contribution in [0.5, 0.6) is 0 Å². The summed E-state index contributed by atoms with van der Waals surface area (Å²) in [5.41, 5.74) is 0. The molecule has 1 nitrogen and oxygen atoms in total. The molecule has 0 spiro atoms. The molecule has 0 rings (SSSR count). The average molecular weight is 103 g/mol. The summed E-state index contributed by atoms with van der Waals surface area (Å²) in [6, 6.07) is 0. The maximum absolute atomic E-state index is 8.28. The normalized spacial score (nSPS) is 2.75. The van der Waals surface area contributed by atoms with Crippen LogP contribution in [0.2, 0.25) is 0 Å². The Bertz CT molecular complexity index is 19.2. The molecule has 0 saturated heterocycles. The number of rotatable bonds is 0. The molecule has 0 bridgehead atoms. The molecule has 0 aromatic carbocycles. The van der Waals surface area contributed by atoms with Gasteiger partial charge in [0.1, 0.15) is 0 Å². The van der Waals surface area contributed by atoms with Gasteiger partial charge in [-0.15, -0.1) is 0 Å². The Morgan fingerprint density at radius 2 is 1.50 bits per heavy atom. The molecule has 0 aromatic rings. The zero-order valence-corrected chi connectivity index (χ0v) is 5.17. The molecule has 0 amide bonds. The van der Waals surface area contributed by atoms with Crippen LogP contribution in [0.1, 0.15) is 0 Å². The first-order valence-corrected chi connectivity index (χ1v) is 2.06. The Labute approximate surface area is 45.0 Å². The molecule has 4 heavy (non-hydrogen) atoms. The maximum atomic E-state index is 8.28. The van der Waals surface area contributed by atoms with Crippen LogP contribution in [0.15, 0.2) is 0 Å². The molecule has 0 aliphatic heterocycles. The van der Waals surface area contributed by atoms with E-state index in [0.717, 1.165) is 0 Å². The molecule has 0 aromatic heterocycles. The molecular formula is HAlBOTi. The summed E-state index contributed by atoms with van der Waals surface area (Å²) in [6.07, 6.45) is 0. The van der Waals surface area contributed by atoms with Crippen molar-refractivity contribution in [3.8, 4) is 0 Å². The monoisotopic (exact) mass is 103 g/mol. The van der Waals surface area contributed by atoms with Crippen LogP contribution in [0.25, 0.3) is 0 Å². The van der Waals surface area contributed by atoms with E-state index >= 15 is 0 Å². The molecule has 4 heteroatoms. The molecule has 0 radical (unpaired) electrons. The van der Waals surface area contributed by atoms with Gasteiger partial charge in [-0.1, -0.05) is 0 Å². The van der Waals surface area contributed by atoms with Crippen LogP contribution in [0, 0.1) is 0 Å². The van der Waals surface area contributed by atoms with Crippen molar-refractivity contribution in [1.29, 1.82) is 0 Å². The SMILES string of the molecule is [B]#[Ti].[O]=[AlH]. The number of hydrogen-bond donors (Lipinski definition) is 0. The van der Waals surface area contributed by atoms with Gasteiger partial charge in [0, 0.05) is 0 Å². The molecule has 0 fully saturated rings. The van der Waals surface area contributed by atoms with E-state index in [0.29, 0.717) is 16.2 Å². The predicted octanol–water partition coefficient (Wildman–Crippen LogP) is -1.15. The van der Waals surface area contributed by atoms with Gasteiger partial charge in [-0.25, -0.2) is 0 Å². The van der Waals surface area contributed by atoms with Crippen LogP contribution in [0.4, 0.5) is 0 Å². The van der Waals surface area contributed by atoms with Crippen molar-refractivity contribution in [2.45, 2.75) is 0 Å². The third-order valence-corrected chi connectivity index (χ3v) is 0. The van der Waals surface area contributed by atoms with E-state index in [-0.39, 0.29) is 0 Å². The van der Waals surface area contributed by atoms with Crippen molar-refractivity contribution < 1.29 is 23.3 Å². The van der Waals surface area contributed by atoms with E-state index in [2.05, 4.69) is 5.38 Å². The summed E-state index contributed by atoms with van der Waals surface area (Å²) in [7, 11) is 0. The molecular weight excluding hydrogens is 102 g/mol. The molecule has 0 aliphatic rings. The summed E-state index contributed by atoms with van der Waals surface area (Å²) < 4.78 is 8.28. The fourth-order valence-corrected chi connectivity index (χ4v) is 0. The van der Waals surface area contributed by atoms with Crippen molar-refractivity contribution in [1.82, 2.24) is 0 Å². The molecule has 0 atom stereocenters. The zero-order chi connectivity index (χ0) is 4.00. The second kappa shape index (κ2) is 32.2. The average Bonchev–Trinajstić information content (AvgIpc) is 1.50. The minimum absolute atomic E-state index is 0.611. The first-order valence-electron chi connectivity index (χ1n) is 0.577. The molecule has 0 heterocycles. The van der Waals surface area contributed by atoms with Gasteiger partial charge < -0.3 is 0 Å². The Morgan fingerprint density at radius 1 is 1.50 bits per heavy atom. The van der Waals surface area contributed by atoms with Gasteiger partial charge in [-0.05, 0) is 0 Å². The van der Waals surface area contributed by atoms with E-state index in [4.69, 9.17) is 3.80 Å². The third kappa shape index (κ3) is 11.2. The third-order valence-electron chi connectivity index (χ3n) is 0. The van der Waals surface area contributed by atoms with Gasteiger partial charge in [0.25, 0.3) is 0 Å². The molecule has 0 unspecified atom stereocenters. The first kappa shape index (κ1) is 8.93. The van der Waals surface area contributed by atoms with Crippen LogP contribution < -0.4 is 0 Å². The van der Waals surface area contributed by atoms with Gasteiger partial charge >= 0.3 is 44.9 Å². The van der Waals surface area contributed by atoms with Gasteiger partial charge in [-0.2, -0.15) is 0 Å². The Balaban J connectivity index is 0. The minimum atomic E-state index is 0.611. The summed E-state index contributed by atoms with van der Waals surface area (Å²) in [5.74, 6) is 0. The van der Waals surface area contributed by atoms with Gasteiger partial charge in [0.2, 0.25) is 0 Å². The summed E-state index contributed by atoms with van der Waals surface area (Å²) in [6.45, 7) is 0. The van der Waals surface area contributed by atoms with Crippen LogP contribution in [0.3, 0.4) is 0 Å². The van der Waals surface area contributed by atoms with E-state index in [1.165, 1.54) is 19.5 Å². The van der Waals surface area contributed by atoms with Crippen LogP contribution >= 0.6 is 0 Å². The fraction of sp³-hybridized carbons (Fsp3) is 0. The van der Waals surface area contributed by atoms with Crippen molar-refractivity contribution in [2.75, 3.05) is 0 Å². The zero-order valence-electron chi connectivity index (χ0n) is 2.19. The van der Waals surface area contributed by atoms with Crippen LogP contribution in [-0.2, 0) is 23.3 Å². The van der Waals surface area contributed by atoms with E-state index in [1.54, 1.807) is 0 Å². The Hall–Kier alpha value is 1.11. The first-order chi connectivity index (χ1) is 2.00. The van der Waals surface area contributed by atoms with Crippen LogP contribution in [-0.4, -0.2) is 21.6 Å². The molecule has 0 saturated carbocycles. The van der Waals surface area contributed by atoms with E-state index in [9.17, 15) is 0 Å². The molecule has 0 aliphatic carbocycles. The summed E-state index contributed by atoms with van der Waals surface area (Å²) in [4.78, 5) is 0. The summed E-state index contributed by atoms with van der Waals surface area (Å²) >= 11 is 2.11. The van der Waals surface area contributed by atoms with Gasteiger partial charge in [-0.3, -0.25) is 0 Å². The fourth-order valence-electron chi connectivity index (χ4n) is 0. The van der Waals surface area contributed by atoms with Crippen molar-refractivity contribution in [3.05, 3.63) is 0 Å². The van der Waals surface area contributed by atoms with Crippen molar-refractivity contribution in [2.24, 2.45) is 0 Å². The molecule has 0 N–H and O–H groups in total. The van der Waals surface area contributed by atoms with Gasteiger partial charge in [0.05, 0.1) is 0 Å². The standard InChI is InChI=1S/Al.B.O.Ti.H. The van der Waals surface area contributed by atoms with E-state index in [1.807, 2.05) is 0 Å².